The van der Waals surface area contributed by atoms with Gasteiger partial charge in [-0.25, -0.2) is 12.8 Å². The Hall–Kier alpha value is -2.16. The van der Waals surface area contributed by atoms with Crippen LogP contribution >= 0.6 is 11.6 Å². The van der Waals surface area contributed by atoms with Gasteiger partial charge in [-0.05, 0) is 37.3 Å². The molecule has 0 fully saturated rings. The highest BCUT2D eigenvalue weighted by Gasteiger charge is 2.27. The summed E-state index contributed by atoms with van der Waals surface area (Å²) in [6.45, 7) is 1.48. The van der Waals surface area contributed by atoms with E-state index >= 15 is 0 Å². The number of carbonyl (C=O) groups is 1. The van der Waals surface area contributed by atoms with Crippen molar-refractivity contribution in [2.75, 3.05) is 25.5 Å². The highest BCUT2D eigenvalue weighted by Crippen LogP contribution is 2.29. The number of nitrogens with one attached hydrogen (secondary N) is 1. The van der Waals surface area contributed by atoms with E-state index in [1.165, 1.54) is 43.4 Å². The molecule has 0 radical (unpaired) electrons. The van der Waals surface area contributed by atoms with Crippen LogP contribution in [0.3, 0.4) is 0 Å². The van der Waals surface area contributed by atoms with Gasteiger partial charge in [-0.3, -0.25) is 4.79 Å². The van der Waals surface area contributed by atoms with Gasteiger partial charge in [0.1, 0.15) is 16.5 Å². The summed E-state index contributed by atoms with van der Waals surface area (Å²) >= 11 is 5.90. The van der Waals surface area contributed by atoms with Gasteiger partial charge >= 0.3 is 0 Å². The number of benzene rings is 2. The minimum Gasteiger partial charge on any atom is -0.492 e. The van der Waals surface area contributed by atoms with Crippen molar-refractivity contribution in [2.45, 2.75) is 11.8 Å². The first kappa shape index (κ1) is 20.2. The third-order valence-electron chi connectivity index (χ3n) is 3.41. The number of carbonyl (C=O) groups excluding carboxylic acids is 1. The van der Waals surface area contributed by atoms with E-state index in [1.54, 1.807) is 13.0 Å². The molecule has 0 heterocycles. The molecule has 0 aliphatic carbocycles. The number of rotatable bonds is 7. The summed E-state index contributed by atoms with van der Waals surface area (Å²) in [5, 5.41) is 2.56. The largest absolute Gasteiger partial charge is 0.492 e. The molecular weight excluding hydrogens is 383 g/mol. The maximum atomic E-state index is 13.6. The number of hydrogen-bond donors (Lipinski definition) is 1. The van der Waals surface area contributed by atoms with Crippen LogP contribution in [0.15, 0.2) is 47.4 Å². The molecule has 2 aromatic rings. The smallest absolute Gasteiger partial charge is 0.247 e. The van der Waals surface area contributed by atoms with Crippen LogP contribution in [0, 0.1) is 5.82 Å². The van der Waals surface area contributed by atoms with E-state index < -0.39 is 28.3 Å². The first-order valence-corrected chi connectivity index (χ1v) is 9.50. The quantitative estimate of drug-likeness (QED) is 0.774. The SMILES string of the molecule is CCOc1ccc(Cl)cc1S(=O)(=O)N(C)CC(=O)Nc1ccccc1F. The summed E-state index contributed by atoms with van der Waals surface area (Å²) in [5.74, 6) is -1.15. The van der Waals surface area contributed by atoms with Crippen LogP contribution in [0.4, 0.5) is 10.1 Å². The average molecular weight is 401 g/mol. The summed E-state index contributed by atoms with van der Waals surface area (Å²) in [7, 11) is -2.80. The van der Waals surface area contributed by atoms with Gasteiger partial charge in [-0.15, -0.1) is 0 Å². The van der Waals surface area contributed by atoms with Gasteiger partial charge in [0.05, 0.1) is 18.8 Å². The molecule has 0 saturated heterocycles. The molecule has 26 heavy (non-hydrogen) atoms. The minimum absolute atomic E-state index is 0.0268. The van der Waals surface area contributed by atoms with Gasteiger partial charge in [0.2, 0.25) is 15.9 Å². The molecular formula is C17H18ClFN2O4S. The molecule has 1 N–H and O–H groups in total. The summed E-state index contributed by atoms with van der Waals surface area (Å²) in [6.07, 6.45) is 0. The number of nitrogens with zero attached hydrogens (tertiary/aromatic N) is 1. The fraction of sp³-hybridized carbons (Fsp3) is 0.235. The zero-order chi connectivity index (χ0) is 19.3. The van der Waals surface area contributed by atoms with E-state index in [0.717, 1.165) is 4.31 Å². The van der Waals surface area contributed by atoms with Crippen molar-refractivity contribution in [1.82, 2.24) is 4.31 Å². The lowest BCUT2D eigenvalue weighted by Gasteiger charge is -2.19. The third kappa shape index (κ3) is 4.72. The molecule has 0 aliphatic heterocycles. The number of anilines is 1. The highest BCUT2D eigenvalue weighted by molar-refractivity contribution is 7.89. The van der Waals surface area contributed by atoms with Crippen LogP contribution < -0.4 is 10.1 Å². The second-order valence-corrected chi connectivity index (χ2v) is 7.76. The Balaban J connectivity index is 2.20. The third-order valence-corrected chi connectivity index (χ3v) is 5.47. The molecule has 2 rings (SSSR count). The lowest BCUT2D eigenvalue weighted by Crippen LogP contribution is -2.35. The number of halogens is 2. The Bertz CT molecular complexity index is 905. The highest BCUT2D eigenvalue weighted by atomic mass is 35.5. The van der Waals surface area contributed by atoms with Crippen molar-refractivity contribution in [2.24, 2.45) is 0 Å². The topological polar surface area (TPSA) is 75.7 Å². The van der Waals surface area contributed by atoms with Crippen LogP contribution in [0.1, 0.15) is 6.92 Å². The number of hydrogen-bond acceptors (Lipinski definition) is 4. The van der Waals surface area contributed by atoms with Crippen LogP contribution in [0.5, 0.6) is 5.75 Å². The predicted octanol–water partition coefficient (Wildman–Crippen LogP) is 3.14. The molecule has 140 valence electrons. The Labute approximate surface area is 156 Å². The first-order valence-electron chi connectivity index (χ1n) is 7.68. The molecule has 6 nitrogen and oxygen atoms in total. The second kappa shape index (κ2) is 8.48. The molecule has 0 saturated carbocycles. The molecule has 0 aromatic heterocycles. The Kier molecular flexibility index (Phi) is 6.57. The number of para-hydroxylation sites is 1. The van der Waals surface area contributed by atoms with Crippen LogP contribution in [-0.4, -0.2) is 38.8 Å². The maximum absolute atomic E-state index is 13.6. The average Bonchev–Trinajstić information content (AvgIpc) is 2.58. The number of sulfonamides is 1. The van der Waals surface area contributed by atoms with Crippen LogP contribution in [-0.2, 0) is 14.8 Å². The molecule has 1 amide bonds. The van der Waals surface area contributed by atoms with Crippen molar-refractivity contribution >= 4 is 33.2 Å². The number of ether oxygens (including phenoxy) is 1. The summed E-state index contributed by atoms with van der Waals surface area (Å²) in [6, 6.07) is 9.83. The molecule has 9 heteroatoms. The maximum Gasteiger partial charge on any atom is 0.247 e. The van der Waals surface area contributed by atoms with Gasteiger partial charge in [0.15, 0.2) is 0 Å². The monoisotopic (exact) mass is 400 g/mol. The fourth-order valence-corrected chi connectivity index (χ4v) is 3.68. The van der Waals surface area contributed by atoms with E-state index in [1.807, 2.05) is 0 Å². The number of likely N-dealkylation sites (N-methyl/N-ethyl adjacent to an activating group) is 1. The zero-order valence-corrected chi connectivity index (χ0v) is 15.8. The molecule has 0 spiro atoms. The van der Waals surface area contributed by atoms with Gasteiger partial charge in [0, 0.05) is 12.1 Å². The fourth-order valence-electron chi connectivity index (χ4n) is 2.17. The molecule has 0 atom stereocenters. The van der Waals surface area contributed by atoms with E-state index in [0.29, 0.717) is 0 Å². The van der Waals surface area contributed by atoms with E-state index in [-0.39, 0.29) is 28.0 Å². The van der Waals surface area contributed by atoms with Gasteiger partial charge in [-0.1, -0.05) is 23.7 Å². The summed E-state index contributed by atoms with van der Waals surface area (Å²) in [4.78, 5) is 11.9. The Morgan fingerprint density at radius 3 is 2.62 bits per heavy atom. The first-order chi connectivity index (χ1) is 12.3. The Morgan fingerprint density at radius 2 is 1.96 bits per heavy atom. The van der Waals surface area contributed by atoms with Crippen molar-refractivity contribution in [3.05, 3.63) is 53.3 Å². The molecule has 0 aliphatic rings. The second-order valence-electron chi connectivity index (χ2n) is 5.31. The van der Waals surface area contributed by atoms with Crippen molar-refractivity contribution < 1.29 is 22.3 Å². The van der Waals surface area contributed by atoms with Crippen LogP contribution in [0.2, 0.25) is 5.02 Å². The van der Waals surface area contributed by atoms with Gasteiger partial charge in [0.25, 0.3) is 0 Å². The van der Waals surface area contributed by atoms with Crippen LogP contribution in [0.25, 0.3) is 0 Å². The van der Waals surface area contributed by atoms with Crippen molar-refractivity contribution in [1.29, 1.82) is 0 Å². The normalized spacial score (nSPS) is 11.4. The van der Waals surface area contributed by atoms with E-state index in [4.69, 9.17) is 16.3 Å². The molecule has 0 bridgehead atoms. The molecule has 2 aromatic carbocycles. The Morgan fingerprint density at radius 1 is 1.27 bits per heavy atom. The zero-order valence-electron chi connectivity index (χ0n) is 14.2. The lowest BCUT2D eigenvalue weighted by molar-refractivity contribution is -0.116. The lowest BCUT2D eigenvalue weighted by atomic mass is 10.3. The van der Waals surface area contributed by atoms with Gasteiger partial charge < -0.3 is 10.1 Å². The van der Waals surface area contributed by atoms with E-state index in [2.05, 4.69) is 5.32 Å². The van der Waals surface area contributed by atoms with Crippen molar-refractivity contribution in [3.63, 3.8) is 0 Å². The molecule has 0 unspecified atom stereocenters. The standard InChI is InChI=1S/C17H18ClFN2O4S/c1-3-25-15-9-8-12(18)10-16(15)26(23,24)21(2)11-17(22)20-14-7-5-4-6-13(14)19/h4-10H,3,11H2,1-2H3,(H,20,22). The summed E-state index contributed by atoms with van der Waals surface area (Å²) in [5.41, 5.74) is -0.0268. The van der Waals surface area contributed by atoms with Crippen molar-refractivity contribution in [3.8, 4) is 5.75 Å². The number of amides is 1. The minimum atomic E-state index is -4.04. The predicted molar refractivity (Wildman–Crippen MR) is 97.5 cm³/mol. The van der Waals surface area contributed by atoms with Gasteiger partial charge in [-0.2, -0.15) is 4.31 Å². The van der Waals surface area contributed by atoms with E-state index in [9.17, 15) is 17.6 Å². The summed E-state index contributed by atoms with van der Waals surface area (Å²) < 4.78 is 45.3.